The molecule has 0 radical (unpaired) electrons. The highest BCUT2D eigenvalue weighted by molar-refractivity contribution is 5.92. The summed E-state index contributed by atoms with van der Waals surface area (Å²) in [7, 11) is 3.04. The monoisotopic (exact) mass is 413 g/mol. The van der Waals surface area contributed by atoms with Gasteiger partial charge in [-0.05, 0) is 50.5 Å². The highest BCUT2D eigenvalue weighted by atomic mass is 19.1. The summed E-state index contributed by atoms with van der Waals surface area (Å²) in [6.45, 7) is 3.62. The number of ether oxygens (including phenoxy) is 2. The fourth-order valence-corrected chi connectivity index (χ4v) is 4.23. The quantitative estimate of drug-likeness (QED) is 0.567. The van der Waals surface area contributed by atoms with Crippen molar-refractivity contribution in [2.75, 3.05) is 19.5 Å². The van der Waals surface area contributed by atoms with E-state index in [2.05, 4.69) is 5.32 Å². The lowest BCUT2D eigenvalue weighted by Gasteiger charge is -2.21. The Morgan fingerprint density at radius 2 is 1.67 bits per heavy atom. The van der Waals surface area contributed by atoms with E-state index in [0.29, 0.717) is 28.7 Å². The molecular formula is C24H28FNO4. The molecule has 2 N–H and O–H groups in total. The average Bonchev–Trinajstić information content (AvgIpc) is 3.24. The summed E-state index contributed by atoms with van der Waals surface area (Å²) >= 11 is 0. The number of rotatable bonds is 7. The Labute approximate surface area is 176 Å². The van der Waals surface area contributed by atoms with Crippen molar-refractivity contribution in [1.29, 1.82) is 0 Å². The zero-order valence-electron chi connectivity index (χ0n) is 17.8. The largest absolute Gasteiger partial charge is 0.496 e. The summed E-state index contributed by atoms with van der Waals surface area (Å²) in [5.74, 6) is -1.89. The summed E-state index contributed by atoms with van der Waals surface area (Å²) in [5.41, 5.74) is 4.58. The van der Waals surface area contributed by atoms with E-state index in [1.807, 2.05) is 31.2 Å². The Morgan fingerprint density at radius 3 is 2.20 bits per heavy atom. The summed E-state index contributed by atoms with van der Waals surface area (Å²) < 4.78 is 25.1. The number of benzene rings is 2. The maximum atomic E-state index is 13.9. The van der Waals surface area contributed by atoms with E-state index >= 15 is 0 Å². The SMILES string of the molecule is COc1c(C)c(-c2ccc(NC3CCCC3)cc2)c(OC)c(C)c1/C=C(\F)C(=O)O. The molecule has 5 nitrogen and oxygen atoms in total. The maximum absolute atomic E-state index is 13.9. The molecule has 1 saturated carbocycles. The van der Waals surface area contributed by atoms with E-state index in [0.717, 1.165) is 28.5 Å². The smallest absolute Gasteiger partial charge is 0.364 e. The van der Waals surface area contributed by atoms with Gasteiger partial charge in [-0.1, -0.05) is 25.0 Å². The van der Waals surface area contributed by atoms with Gasteiger partial charge in [-0.25, -0.2) is 4.79 Å². The molecule has 0 saturated heterocycles. The molecule has 0 spiro atoms. The molecule has 1 aliphatic rings. The van der Waals surface area contributed by atoms with Gasteiger partial charge in [0.2, 0.25) is 5.83 Å². The lowest BCUT2D eigenvalue weighted by atomic mass is 9.91. The summed E-state index contributed by atoms with van der Waals surface area (Å²) in [4.78, 5) is 11.0. The highest BCUT2D eigenvalue weighted by Gasteiger charge is 2.23. The number of nitrogens with one attached hydrogen (secondary N) is 1. The number of aliphatic carboxylic acids is 1. The lowest BCUT2D eigenvalue weighted by Crippen LogP contribution is -2.14. The van der Waals surface area contributed by atoms with E-state index < -0.39 is 11.8 Å². The Bertz CT molecular complexity index is 960. The first kappa shape index (κ1) is 21.7. The van der Waals surface area contributed by atoms with Crippen molar-refractivity contribution in [3.8, 4) is 22.6 Å². The van der Waals surface area contributed by atoms with Gasteiger partial charge in [0.1, 0.15) is 11.5 Å². The van der Waals surface area contributed by atoms with Crippen LogP contribution >= 0.6 is 0 Å². The average molecular weight is 413 g/mol. The molecule has 2 aromatic carbocycles. The molecule has 30 heavy (non-hydrogen) atoms. The first-order chi connectivity index (χ1) is 14.4. The fraction of sp³-hybridized carbons (Fsp3) is 0.375. The number of hydrogen-bond donors (Lipinski definition) is 2. The predicted molar refractivity (Wildman–Crippen MR) is 117 cm³/mol. The van der Waals surface area contributed by atoms with Crippen LogP contribution in [-0.2, 0) is 4.79 Å². The van der Waals surface area contributed by atoms with Gasteiger partial charge in [-0.2, -0.15) is 4.39 Å². The molecular weight excluding hydrogens is 385 g/mol. The number of carboxylic acids is 1. The van der Waals surface area contributed by atoms with Crippen molar-refractivity contribution in [1.82, 2.24) is 0 Å². The molecule has 0 bridgehead atoms. The zero-order chi connectivity index (χ0) is 21.8. The second kappa shape index (κ2) is 9.20. The number of halogens is 1. The van der Waals surface area contributed by atoms with Gasteiger partial charge in [0.05, 0.1) is 14.2 Å². The van der Waals surface area contributed by atoms with Crippen LogP contribution in [-0.4, -0.2) is 31.3 Å². The van der Waals surface area contributed by atoms with Gasteiger partial charge >= 0.3 is 5.97 Å². The molecule has 0 atom stereocenters. The van der Waals surface area contributed by atoms with Crippen LogP contribution in [0.5, 0.6) is 11.5 Å². The molecule has 0 amide bonds. The van der Waals surface area contributed by atoms with Crippen LogP contribution in [0.25, 0.3) is 17.2 Å². The summed E-state index contributed by atoms with van der Waals surface area (Å²) in [5, 5.41) is 12.5. The maximum Gasteiger partial charge on any atom is 0.364 e. The third-order valence-corrected chi connectivity index (χ3v) is 5.72. The Morgan fingerprint density at radius 1 is 1.07 bits per heavy atom. The van der Waals surface area contributed by atoms with Crippen LogP contribution in [0.4, 0.5) is 10.1 Å². The van der Waals surface area contributed by atoms with E-state index in [1.165, 1.54) is 32.8 Å². The fourth-order valence-electron chi connectivity index (χ4n) is 4.23. The minimum absolute atomic E-state index is 0.357. The number of methoxy groups -OCH3 is 2. The molecule has 0 heterocycles. The first-order valence-corrected chi connectivity index (χ1v) is 10.1. The minimum Gasteiger partial charge on any atom is -0.496 e. The number of carbonyl (C=O) groups is 1. The van der Waals surface area contributed by atoms with E-state index in [9.17, 15) is 9.18 Å². The summed E-state index contributed by atoms with van der Waals surface area (Å²) in [6, 6.07) is 8.67. The number of hydrogen-bond acceptors (Lipinski definition) is 4. The molecule has 3 rings (SSSR count). The van der Waals surface area contributed by atoms with Gasteiger partial charge in [0.15, 0.2) is 0 Å². The van der Waals surface area contributed by atoms with Gasteiger partial charge in [0, 0.05) is 34.0 Å². The molecule has 1 fully saturated rings. The first-order valence-electron chi connectivity index (χ1n) is 10.1. The highest BCUT2D eigenvalue weighted by Crippen LogP contribution is 2.45. The number of anilines is 1. The Kier molecular flexibility index (Phi) is 6.65. The zero-order valence-corrected chi connectivity index (χ0v) is 17.8. The molecule has 1 aliphatic carbocycles. The third-order valence-electron chi connectivity index (χ3n) is 5.72. The van der Waals surface area contributed by atoms with E-state index in [1.54, 1.807) is 14.0 Å². The molecule has 0 aliphatic heterocycles. The molecule has 0 unspecified atom stereocenters. The molecule has 2 aromatic rings. The van der Waals surface area contributed by atoms with Crippen LogP contribution in [0.2, 0.25) is 0 Å². The summed E-state index contributed by atoms with van der Waals surface area (Å²) in [6.07, 6.45) is 5.92. The standard InChI is InChI=1S/C24H28FNO4/c1-14-19(13-20(25)24(27)28)22(29-3)15(2)21(23(14)30-4)16-9-11-18(12-10-16)26-17-7-5-6-8-17/h9-13,17,26H,5-8H2,1-4H3,(H,27,28)/b20-13-. The van der Waals surface area contributed by atoms with Crippen LogP contribution in [0.1, 0.15) is 42.4 Å². The van der Waals surface area contributed by atoms with Crippen LogP contribution in [0, 0.1) is 13.8 Å². The van der Waals surface area contributed by atoms with Gasteiger partial charge < -0.3 is 19.9 Å². The topological polar surface area (TPSA) is 67.8 Å². The number of carboxylic acid groups (broad SMARTS) is 1. The molecule has 0 aromatic heterocycles. The second-order valence-corrected chi connectivity index (χ2v) is 7.61. The minimum atomic E-state index is -1.62. The van der Waals surface area contributed by atoms with Crippen molar-refractivity contribution in [2.24, 2.45) is 0 Å². The third kappa shape index (κ3) is 4.27. The van der Waals surface area contributed by atoms with E-state index in [-0.39, 0.29) is 0 Å². The molecule has 6 heteroatoms. The lowest BCUT2D eigenvalue weighted by molar-refractivity contribution is -0.134. The molecule has 160 valence electrons. The van der Waals surface area contributed by atoms with Crippen molar-refractivity contribution < 1.29 is 23.8 Å². The van der Waals surface area contributed by atoms with Gasteiger partial charge in [-0.3, -0.25) is 0 Å². The normalized spacial score (nSPS) is 14.6. The van der Waals surface area contributed by atoms with Crippen LogP contribution in [0.3, 0.4) is 0 Å². The van der Waals surface area contributed by atoms with Crippen molar-refractivity contribution in [3.05, 3.63) is 46.8 Å². The van der Waals surface area contributed by atoms with Gasteiger partial charge in [0.25, 0.3) is 0 Å². The van der Waals surface area contributed by atoms with Crippen molar-refractivity contribution in [3.63, 3.8) is 0 Å². The van der Waals surface area contributed by atoms with Crippen molar-refractivity contribution >= 4 is 17.7 Å². The Balaban J connectivity index is 2.07. The second-order valence-electron chi connectivity index (χ2n) is 7.61. The van der Waals surface area contributed by atoms with Crippen molar-refractivity contribution in [2.45, 2.75) is 45.6 Å². The predicted octanol–water partition coefficient (Wildman–Crippen LogP) is 5.74. The van der Waals surface area contributed by atoms with Gasteiger partial charge in [-0.15, -0.1) is 0 Å². The Hall–Kier alpha value is -3.02. The van der Waals surface area contributed by atoms with E-state index in [4.69, 9.17) is 14.6 Å². The van der Waals surface area contributed by atoms with Crippen LogP contribution < -0.4 is 14.8 Å². The van der Waals surface area contributed by atoms with Crippen LogP contribution in [0.15, 0.2) is 30.1 Å².